The van der Waals surface area contributed by atoms with Gasteiger partial charge >= 0.3 is 5.69 Å². The van der Waals surface area contributed by atoms with E-state index in [4.69, 9.17) is 4.74 Å². The zero-order valence-corrected chi connectivity index (χ0v) is 13.4. The molecule has 0 aromatic heterocycles. The van der Waals surface area contributed by atoms with Gasteiger partial charge in [0.25, 0.3) is 0 Å². The van der Waals surface area contributed by atoms with Crippen LogP contribution < -0.4 is 10.1 Å². The van der Waals surface area contributed by atoms with Crippen molar-refractivity contribution in [3.63, 3.8) is 0 Å². The lowest BCUT2D eigenvalue weighted by molar-refractivity contribution is -0.386. The van der Waals surface area contributed by atoms with Crippen LogP contribution in [0.4, 0.5) is 5.69 Å². The Hall–Kier alpha value is -0.850. The van der Waals surface area contributed by atoms with E-state index < -0.39 is 4.92 Å². The van der Waals surface area contributed by atoms with Gasteiger partial charge in [-0.2, -0.15) is 0 Å². The van der Waals surface area contributed by atoms with Crippen LogP contribution in [0.3, 0.4) is 0 Å². The summed E-state index contributed by atoms with van der Waals surface area (Å²) >= 11 is 3.23. The van der Waals surface area contributed by atoms with E-state index in [0.717, 1.165) is 32.4 Å². The lowest BCUT2D eigenvalue weighted by Crippen LogP contribution is -2.28. The molecule has 1 heterocycles. The summed E-state index contributed by atoms with van der Waals surface area (Å²) < 4.78 is 6.26. The largest absolute Gasteiger partial charge is 0.487 e. The van der Waals surface area contributed by atoms with Gasteiger partial charge < -0.3 is 10.1 Å². The predicted molar refractivity (Wildman–Crippen MR) is 83.8 cm³/mol. The molecule has 1 N–H and O–H groups in total. The summed E-state index contributed by atoms with van der Waals surface area (Å²) in [7, 11) is 0. The summed E-state index contributed by atoms with van der Waals surface area (Å²) in [5.41, 5.74) is 0.0136. The van der Waals surface area contributed by atoms with E-state index in [-0.39, 0.29) is 18.1 Å². The normalized spacial score (nSPS) is 15.4. The van der Waals surface area contributed by atoms with Gasteiger partial charge in [0.2, 0.25) is 0 Å². The van der Waals surface area contributed by atoms with E-state index in [1.54, 1.807) is 12.1 Å². The molecular weight excluding hydrogens is 348 g/mol. The zero-order chi connectivity index (χ0) is 13.7. The van der Waals surface area contributed by atoms with Crippen molar-refractivity contribution in [3.05, 3.63) is 32.8 Å². The second-order valence-electron chi connectivity index (χ2n) is 4.70. The second kappa shape index (κ2) is 8.44. The van der Waals surface area contributed by atoms with Crippen molar-refractivity contribution in [2.75, 3.05) is 19.7 Å². The monoisotopic (exact) mass is 364 g/mol. The first-order chi connectivity index (χ1) is 9.16. The van der Waals surface area contributed by atoms with Gasteiger partial charge in [-0.25, -0.2) is 0 Å². The molecule has 1 aromatic carbocycles. The van der Waals surface area contributed by atoms with Gasteiger partial charge in [-0.3, -0.25) is 10.1 Å². The van der Waals surface area contributed by atoms with Crippen LogP contribution in [0.5, 0.6) is 5.75 Å². The number of piperidine rings is 1. The molecule has 1 aliphatic rings. The average molecular weight is 366 g/mol. The molecular formula is C13H18BrClN2O3. The highest BCUT2D eigenvalue weighted by molar-refractivity contribution is 9.10. The predicted octanol–water partition coefficient (Wildman–Crippen LogP) is 3.55. The Bertz CT molecular complexity index is 453. The molecule has 5 nitrogen and oxygen atoms in total. The minimum atomic E-state index is -0.412. The lowest BCUT2D eigenvalue weighted by Gasteiger charge is -2.22. The third-order valence-corrected chi connectivity index (χ3v) is 3.85. The summed E-state index contributed by atoms with van der Waals surface area (Å²) in [6.45, 7) is 2.65. The topological polar surface area (TPSA) is 64.4 Å². The quantitative estimate of drug-likeness (QED) is 0.640. The number of nitro benzene ring substituents is 1. The number of benzene rings is 1. The number of nitro groups is 1. The number of hydrogen-bond donors (Lipinski definition) is 1. The van der Waals surface area contributed by atoms with E-state index in [0.29, 0.717) is 22.7 Å². The molecule has 20 heavy (non-hydrogen) atoms. The van der Waals surface area contributed by atoms with E-state index in [9.17, 15) is 10.1 Å². The van der Waals surface area contributed by atoms with Crippen molar-refractivity contribution >= 4 is 34.0 Å². The summed E-state index contributed by atoms with van der Waals surface area (Å²) in [6, 6.07) is 4.87. The lowest BCUT2D eigenvalue weighted by atomic mass is 9.95. The van der Waals surface area contributed by atoms with E-state index >= 15 is 0 Å². The first kappa shape index (κ1) is 17.2. The van der Waals surface area contributed by atoms with Crippen LogP contribution in [0.15, 0.2) is 22.7 Å². The van der Waals surface area contributed by atoms with E-state index in [1.807, 2.05) is 0 Å². The minimum Gasteiger partial charge on any atom is -0.487 e. The molecule has 7 heteroatoms. The number of hydrogen-bond acceptors (Lipinski definition) is 4. The van der Waals surface area contributed by atoms with Gasteiger partial charge in [0.1, 0.15) is 0 Å². The third kappa shape index (κ3) is 4.92. The highest BCUT2D eigenvalue weighted by Crippen LogP contribution is 2.30. The maximum Gasteiger partial charge on any atom is 0.312 e. The first-order valence-corrected chi connectivity index (χ1v) is 7.23. The third-order valence-electron chi connectivity index (χ3n) is 3.36. The van der Waals surface area contributed by atoms with Gasteiger partial charge in [0.05, 0.1) is 11.5 Å². The zero-order valence-electron chi connectivity index (χ0n) is 11.0. The van der Waals surface area contributed by atoms with Gasteiger partial charge in [0, 0.05) is 10.5 Å². The fraction of sp³-hybridized carbons (Fsp3) is 0.538. The standard InChI is InChI=1S/C13H17BrN2O3.ClH/c14-11-1-2-13(12(9-11)16(17)18)19-8-5-10-3-6-15-7-4-10;/h1-2,9-10,15H,3-8H2;1H. The van der Waals surface area contributed by atoms with Crippen molar-refractivity contribution in [2.24, 2.45) is 5.92 Å². The summed E-state index contributed by atoms with van der Waals surface area (Å²) in [4.78, 5) is 10.5. The number of ether oxygens (including phenoxy) is 1. The highest BCUT2D eigenvalue weighted by atomic mass is 79.9. The van der Waals surface area contributed by atoms with Crippen LogP contribution in [-0.2, 0) is 0 Å². The second-order valence-corrected chi connectivity index (χ2v) is 5.62. The Morgan fingerprint density at radius 3 is 2.75 bits per heavy atom. The Morgan fingerprint density at radius 2 is 2.10 bits per heavy atom. The summed E-state index contributed by atoms with van der Waals surface area (Å²) in [5.74, 6) is 1.01. The van der Waals surface area contributed by atoms with Crippen LogP contribution in [0.1, 0.15) is 19.3 Å². The molecule has 0 atom stereocenters. The smallest absolute Gasteiger partial charge is 0.312 e. The van der Waals surface area contributed by atoms with Gasteiger partial charge in [0.15, 0.2) is 5.75 Å². The molecule has 0 saturated carbocycles. The first-order valence-electron chi connectivity index (χ1n) is 6.44. The molecule has 0 unspecified atom stereocenters. The van der Waals surface area contributed by atoms with E-state index in [2.05, 4.69) is 21.2 Å². The summed E-state index contributed by atoms with van der Waals surface area (Å²) in [5, 5.41) is 14.3. The maximum absolute atomic E-state index is 10.9. The molecule has 0 radical (unpaired) electrons. The van der Waals surface area contributed by atoms with Gasteiger partial charge in [-0.1, -0.05) is 15.9 Å². The van der Waals surface area contributed by atoms with Crippen molar-refractivity contribution in [1.82, 2.24) is 5.32 Å². The fourth-order valence-electron chi connectivity index (χ4n) is 2.26. The number of nitrogens with zero attached hydrogens (tertiary/aromatic N) is 1. The molecule has 1 saturated heterocycles. The highest BCUT2D eigenvalue weighted by Gasteiger charge is 2.17. The fourth-order valence-corrected chi connectivity index (χ4v) is 2.61. The maximum atomic E-state index is 10.9. The Kier molecular flexibility index (Phi) is 7.26. The molecule has 0 aliphatic carbocycles. The van der Waals surface area contributed by atoms with Crippen LogP contribution in [0, 0.1) is 16.0 Å². The minimum absolute atomic E-state index is 0. The van der Waals surface area contributed by atoms with Crippen molar-refractivity contribution in [1.29, 1.82) is 0 Å². The van der Waals surface area contributed by atoms with Crippen molar-refractivity contribution < 1.29 is 9.66 Å². The number of nitrogens with one attached hydrogen (secondary N) is 1. The number of halogens is 2. The van der Waals surface area contributed by atoms with Crippen molar-refractivity contribution in [2.45, 2.75) is 19.3 Å². The molecule has 0 spiro atoms. The van der Waals surface area contributed by atoms with Crippen LogP contribution in [-0.4, -0.2) is 24.6 Å². The molecule has 1 aromatic rings. The van der Waals surface area contributed by atoms with E-state index in [1.165, 1.54) is 6.07 Å². The van der Waals surface area contributed by atoms with Crippen LogP contribution in [0.2, 0.25) is 0 Å². The molecule has 2 rings (SSSR count). The van der Waals surface area contributed by atoms with Gasteiger partial charge in [-0.05, 0) is 50.4 Å². The SMILES string of the molecule is Cl.O=[N+]([O-])c1cc(Br)ccc1OCCC1CCNCC1. The molecule has 0 amide bonds. The van der Waals surface area contributed by atoms with Crippen molar-refractivity contribution in [3.8, 4) is 5.75 Å². The average Bonchev–Trinajstić information content (AvgIpc) is 2.41. The van der Waals surface area contributed by atoms with Gasteiger partial charge in [-0.15, -0.1) is 12.4 Å². The molecule has 1 aliphatic heterocycles. The molecule has 112 valence electrons. The summed E-state index contributed by atoms with van der Waals surface area (Å²) in [6.07, 6.45) is 3.27. The Morgan fingerprint density at radius 1 is 1.40 bits per heavy atom. The van der Waals surface area contributed by atoms with Crippen LogP contribution in [0.25, 0.3) is 0 Å². The van der Waals surface area contributed by atoms with Crippen LogP contribution >= 0.6 is 28.3 Å². The molecule has 1 fully saturated rings. The Labute approximate surface area is 132 Å². The molecule has 0 bridgehead atoms. The number of rotatable bonds is 5. The Balaban J connectivity index is 0.00000200.